The van der Waals surface area contributed by atoms with Crippen LogP contribution in [0.25, 0.3) is 10.8 Å². The maximum Gasteiger partial charge on any atom is 0.416 e. The third-order valence-corrected chi connectivity index (χ3v) is 5.33. The molecule has 1 aromatic carbocycles. The number of nitrogens with zero attached hydrogens (tertiary/aromatic N) is 4. The summed E-state index contributed by atoms with van der Waals surface area (Å²) in [6.07, 6.45) is -0.857. The molecule has 1 saturated heterocycles. The molecule has 5 nitrogen and oxygen atoms in total. The Bertz CT molecular complexity index is 948. The minimum absolute atomic E-state index is 0.155. The number of β-amino-alcohol motifs (C(OH)–C–C–N with tert-alkyl or cyclic N) is 1. The van der Waals surface area contributed by atoms with Gasteiger partial charge in [0.05, 0.1) is 12.1 Å². The highest BCUT2D eigenvalue weighted by Crippen LogP contribution is 2.37. The first-order valence-electron chi connectivity index (χ1n) is 8.23. The molecule has 0 aliphatic carbocycles. The Balaban J connectivity index is 1.59. The first-order chi connectivity index (χ1) is 12.9. The molecule has 140 valence electrons. The summed E-state index contributed by atoms with van der Waals surface area (Å²) in [5, 5.41) is 13.5. The van der Waals surface area contributed by atoms with Gasteiger partial charge in [0.1, 0.15) is 11.4 Å². The van der Waals surface area contributed by atoms with Crippen molar-refractivity contribution in [1.29, 1.82) is 0 Å². The quantitative estimate of drug-likeness (QED) is 0.736. The topological polar surface area (TPSA) is 62.1 Å². The number of aliphatic hydroxyl groups is 1. The van der Waals surface area contributed by atoms with Crippen molar-refractivity contribution in [1.82, 2.24) is 15.0 Å². The van der Waals surface area contributed by atoms with Crippen LogP contribution in [0.4, 0.5) is 19.0 Å². The van der Waals surface area contributed by atoms with Gasteiger partial charge in [-0.25, -0.2) is 15.0 Å². The Kier molecular flexibility index (Phi) is 4.35. The number of hydrogen-bond donors (Lipinski definition) is 1. The average Bonchev–Trinajstić information content (AvgIpc) is 3.32. The van der Waals surface area contributed by atoms with E-state index in [1.165, 1.54) is 23.5 Å². The van der Waals surface area contributed by atoms with Crippen LogP contribution in [-0.2, 0) is 11.8 Å². The van der Waals surface area contributed by atoms with E-state index in [2.05, 4.69) is 15.0 Å². The Labute approximate surface area is 157 Å². The van der Waals surface area contributed by atoms with Crippen LogP contribution in [0.3, 0.4) is 0 Å². The van der Waals surface area contributed by atoms with Crippen molar-refractivity contribution in [2.45, 2.75) is 18.2 Å². The molecule has 1 aliphatic heterocycles. The van der Waals surface area contributed by atoms with E-state index in [1.807, 2.05) is 10.3 Å². The second kappa shape index (κ2) is 6.58. The molecule has 0 spiro atoms. The fourth-order valence-corrected chi connectivity index (χ4v) is 3.75. The number of hydrogen-bond acceptors (Lipinski definition) is 6. The zero-order chi connectivity index (χ0) is 19.1. The van der Waals surface area contributed by atoms with Crippen molar-refractivity contribution >= 4 is 17.2 Å². The molecule has 4 rings (SSSR count). The van der Waals surface area contributed by atoms with Crippen LogP contribution >= 0.6 is 11.3 Å². The lowest BCUT2D eigenvalue weighted by Crippen LogP contribution is -2.31. The molecular formula is C18H15F3N4OS. The summed E-state index contributed by atoms with van der Waals surface area (Å²) in [5.74, 6) is 1.09. The lowest BCUT2D eigenvalue weighted by Gasteiger charge is -2.25. The number of thiazole rings is 1. The first kappa shape index (κ1) is 17.9. The molecule has 3 aromatic rings. The van der Waals surface area contributed by atoms with Crippen LogP contribution in [0.15, 0.2) is 48.1 Å². The van der Waals surface area contributed by atoms with Gasteiger partial charge in [-0.1, -0.05) is 12.1 Å². The Hall–Kier alpha value is -2.52. The maximum absolute atomic E-state index is 13.0. The van der Waals surface area contributed by atoms with Gasteiger partial charge in [-0.05, 0) is 30.2 Å². The molecule has 9 heteroatoms. The number of alkyl halides is 3. The zero-order valence-electron chi connectivity index (χ0n) is 14.0. The fourth-order valence-electron chi connectivity index (χ4n) is 3.17. The number of anilines is 1. The van der Waals surface area contributed by atoms with Gasteiger partial charge in [0, 0.05) is 24.3 Å². The van der Waals surface area contributed by atoms with E-state index in [0.29, 0.717) is 29.6 Å². The summed E-state index contributed by atoms with van der Waals surface area (Å²) in [6.45, 7) is 0.629. The van der Waals surface area contributed by atoms with Crippen molar-refractivity contribution in [2.75, 3.05) is 18.0 Å². The lowest BCUT2D eigenvalue weighted by molar-refractivity contribution is -0.137. The lowest BCUT2D eigenvalue weighted by atomic mass is 9.91. The summed E-state index contributed by atoms with van der Waals surface area (Å²) in [7, 11) is 0. The number of halogens is 3. The summed E-state index contributed by atoms with van der Waals surface area (Å²) < 4.78 is 39.0. The summed E-state index contributed by atoms with van der Waals surface area (Å²) >= 11 is 1.42. The molecule has 1 N–H and O–H groups in total. The van der Waals surface area contributed by atoms with Crippen molar-refractivity contribution in [3.05, 3.63) is 59.2 Å². The first-order valence-corrected chi connectivity index (χ1v) is 9.11. The number of rotatable bonds is 3. The molecule has 1 fully saturated rings. The second-order valence-electron chi connectivity index (χ2n) is 6.36. The van der Waals surface area contributed by atoms with Crippen LogP contribution in [0.1, 0.15) is 17.5 Å². The van der Waals surface area contributed by atoms with Gasteiger partial charge in [0.25, 0.3) is 0 Å². The highest BCUT2D eigenvalue weighted by atomic mass is 32.1. The van der Waals surface area contributed by atoms with E-state index in [9.17, 15) is 18.3 Å². The third kappa shape index (κ3) is 3.52. The summed E-state index contributed by atoms with van der Waals surface area (Å²) in [6, 6.07) is 6.59. The minimum atomic E-state index is -4.44. The zero-order valence-corrected chi connectivity index (χ0v) is 14.8. The van der Waals surface area contributed by atoms with E-state index in [4.69, 9.17) is 0 Å². The summed E-state index contributed by atoms with van der Waals surface area (Å²) in [4.78, 5) is 14.7. The largest absolute Gasteiger partial charge is 0.416 e. The van der Waals surface area contributed by atoms with Crippen LogP contribution in [0.2, 0.25) is 0 Å². The highest BCUT2D eigenvalue weighted by molar-refractivity contribution is 7.13. The SMILES string of the molecule is OC1(c2cccc(C(F)(F)F)c2)CCN(c2ccnc(-c3nccs3)n2)C1. The van der Waals surface area contributed by atoms with E-state index in [0.717, 1.165) is 12.1 Å². The Morgan fingerprint density at radius 3 is 2.74 bits per heavy atom. The van der Waals surface area contributed by atoms with Gasteiger partial charge in [-0.2, -0.15) is 13.2 Å². The van der Waals surface area contributed by atoms with Gasteiger partial charge in [-0.3, -0.25) is 0 Å². The van der Waals surface area contributed by atoms with E-state index in [1.54, 1.807) is 18.5 Å². The van der Waals surface area contributed by atoms with Gasteiger partial charge >= 0.3 is 6.18 Å². The van der Waals surface area contributed by atoms with Gasteiger partial charge < -0.3 is 10.0 Å². The molecule has 27 heavy (non-hydrogen) atoms. The van der Waals surface area contributed by atoms with Gasteiger partial charge in [0.2, 0.25) is 0 Å². The third-order valence-electron chi connectivity index (χ3n) is 4.56. The predicted molar refractivity (Wildman–Crippen MR) is 95.3 cm³/mol. The molecule has 0 radical (unpaired) electrons. The molecule has 0 saturated carbocycles. The van der Waals surface area contributed by atoms with Crippen molar-refractivity contribution in [2.24, 2.45) is 0 Å². The molecule has 0 amide bonds. The molecule has 3 heterocycles. The average molecular weight is 392 g/mol. The van der Waals surface area contributed by atoms with Crippen LogP contribution < -0.4 is 4.90 Å². The Morgan fingerprint density at radius 2 is 2.00 bits per heavy atom. The molecule has 1 unspecified atom stereocenters. The number of aromatic nitrogens is 3. The Morgan fingerprint density at radius 1 is 1.15 bits per heavy atom. The van der Waals surface area contributed by atoms with Crippen LogP contribution in [0, 0.1) is 0 Å². The van der Waals surface area contributed by atoms with Crippen molar-refractivity contribution < 1.29 is 18.3 Å². The van der Waals surface area contributed by atoms with Crippen molar-refractivity contribution in [3.8, 4) is 10.8 Å². The van der Waals surface area contributed by atoms with E-state index in [-0.39, 0.29) is 12.1 Å². The summed E-state index contributed by atoms with van der Waals surface area (Å²) in [5.41, 5.74) is -1.87. The van der Waals surface area contributed by atoms with Crippen LogP contribution in [-0.4, -0.2) is 33.1 Å². The normalized spacial score (nSPS) is 20.2. The van der Waals surface area contributed by atoms with E-state index >= 15 is 0 Å². The van der Waals surface area contributed by atoms with Gasteiger partial charge in [-0.15, -0.1) is 11.3 Å². The second-order valence-corrected chi connectivity index (χ2v) is 7.25. The van der Waals surface area contributed by atoms with Gasteiger partial charge in [0.15, 0.2) is 10.8 Å². The van der Waals surface area contributed by atoms with E-state index < -0.39 is 17.3 Å². The van der Waals surface area contributed by atoms with Crippen LogP contribution in [0.5, 0.6) is 0 Å². The predicted octanol–water partition coefficient (Wildman–Crippen LogP) is 3.72. The smallest absolute Gasteiger partial charge is 0.383 e. The highest BCUT2D eigenvalue weighted by Gasteiger charge is 2.40. The molecule has 1 atom stereocenters. The number of benzene rings is 1. The molecule has 2 aromatic heterocycles. The van der Waals surface area contributed by atoms with Crippen molar-refractivity contribution in [3.63, 3.8) is 0 Å². The standard InChI is InChI=1S/C18H15F3N4OS/c19-18(20,21)13-3-1-2-12(10-13)17(26)5-8-25(11-17)14-4-6-22-15(24-14)16-23-7-9-27-16/h1-4,6-7,9-10,26H,5,8,11H2. The molecule has 0 bridgehead atoms. The molecule has 1 aliphatic rings. The fraction of sp³-hybridized carbons (Fsp3) is 0.278. The monoisotopic (exact) mass is 392 g/mol. The minimum Gasteiger partial charge on any atom is -0.383 e. The maximum atomic E-state index is 13.0. The molecular weight excluding hydrogens is 377 g/mol.